The maximum Gasteiger partial charge on any atom is 0.0863 e. The largest absolute Gasteiger partial charge is 0.130 e. The summed E-state index contributed by atoms with van der Waals surface area (Å²) in [6, 6.07) is 10.7. The summed E-state index contributed by atoms with van der Waals surface area (Å²) in [5, 5.41) is 1.23. The standard InChI is InChI=1S/C8H8S3/c1-2-4-7(5-3-1)8-9-6-10-11-8/h1-5,8H,6H2. The predicted octanol–water partition coefficient (Wildman–Crippen LogP) is 3.77. The van der Waals surface area contributed by atoms with Gasteiger partial charge in [0.1, 0.15) is 0 Å². The molecule has 0 aliphatic carbocycles. The Morgan fingerprint density at radius 1 is 1.18 bits per heavy atom. The Hall–Kier alpha value is 0.270. The number of hydrogen-bond acceptors (Lipinski definition) is 3. The van der Waals surface area contributed by atoms with Gasteiger partial charge in [-0.2, -0.15) is 0 Å². The van der Waals surface area contributed by atoms with E-state index < -0.39 is 0 Å². The Labute approximate surface area is 78.9 Å². The van der Waals surface area contributed by atoms with E-state index in [4.69, 9.17) is 0 Å². The van der Waals surface area contributed by atoms with Crippen LogP contribution >= 0.6 is 33.3 Å². The first-order chi connectivity index (χ1) is 5.47. The molecule has 1 aliphatic heterocycles. The van der Waals surface area contributed by atoms with Crippen molar-refractivity contribution in [3.63, 3.8) is 0 Å². The molecule has 0 bridgehead atoms. The SMILES string of the molecule is c1ccc(C2SCSS2)cc1. The molecule has 1 fully saturated rings. The lowest BCUT2D eigenvalue weighted by molar-refractivity contribution is 1.39. The third kappa shape index (κ3) is 1.89. The van der Waals surface area contributed by atoms with Crippen molar-refractivity contribution in [2.24, 2.45) is 0 Å². The Balaban J connectivity index is 2.16. The lowest BCUT2D eigenvalue weighted by Crippen LogP contribution is -1.81. The minimum absolute atomic E-state index is 0.668. The summed E-state index contributed by atoms with van der Waals surface area (Å²) in [7, 11) is 3.93. The molecule has 1 atom stereocenters. The summed E-state index contributed by atoms with van der Waals surface area (Å²) in [4.78, 5) is 0. The highest BCUT2D eigenvalue weighted by atomic mass is 33.1. The van der Waals surface area contributed by atoms with E-state index in [9.17, 15) is 0 Å². The van der Waals surface area contributed by atoms with E-state index in [1.165, 1.54) is 10.6 Å². The smallest absolute Gasteiger partial charge is 0.0863 e. The third-order valence-electron chi connectivity index (χ3n) is 1.49. The van der Waals surface area contributed by atoms with E-state index in [1.54, 1.807) is 0 Å². The van der Waals surface area contributed by atoms with Gasteiger partial charge in [0.15, 0.2) is 0 Å². The first kappa shape index (κ1) is 7.90. The van der Waals surface area contributed by atoms with Gasteiger partial charge in [0.05, 0.1) is 9.67 Å². The van der Waals surface area contributed by atoms with Gasteiger partial charge in [0.25, 0.3) is 0 Å². The zero-order valence-electron chi connectivity index (χ0n) is 5.90. The van der Waals surface area contributed by atoms with Crippen LogP contribution in [0, 0.1) is 0 Å². The van der Waals surface area contributed by atoms with E-state index in [-0.39, 0.29) is 0 Å². The zero-order chi connectivity index (χ0) is 7.52. The molecule has 0 aromatic heterocycles. The van der Waals surface area contributed by atoms with Crippen LogP contribution < -0.4 is 0 Å². The molecule has 11 heavy (non-hydrogen) atoms. The quantitative estimate of drug-likeness (QED) is 0.633. The molecule has 0 amide bonds. The van der Waals surface area contributed by atoms with Gasteiger partial charge in [0.2, 0.25) is 0 Å². The van der Waals surface area contributed by atoms with E-state index in [0.29, 0.717) is 4.58 Å². The van der Waals surface area contributed by atoms with E-state index in [0.717, 1.165) is 0 Å². The van der Waals surface area contributed by atoms with Crippen LogP contribution in [0.25, 0.3) is 0 Å². The second kappa shape index (κ2) is 3.78. The number of benzene rings is 1. The Morgan fingerprint density at radius 3 is 2.64 bits per heavy atom. The fourth-order valence-corrected chi connectivity index (χ4v) is 6.08. The van der Waals surface area contributed by atoms with Crippen molar-refractivity contribution in [1.29, 1.82) is 0 Å². The van der Waals surface area contributed by atoms with Crippen molar-refractivity contribution in [2.45, 2.75) is 4.58 Å². The Bertz CT molecular complexity index is 216. The van der Waals surface area contributed by atoms with Crippen LogP contribution in [0.2, 0.25) is 0 Å². The van der Waals surface area contributed by atoms with Crippen LogP contribution in [-0.2, 0) is 0 Å². The minimum Gasteiger partial charge on any atom is -0.130 e. The average molecular weight is 200 g/mol. The number of thioether (sulfide) groups is 1. The van der Waals surface area contributed by atoms with Crippen LogP contribution in [0.3, 0.4) is 0 Å². The predicted molar refractivity (Wildman–Crippen MR) is 56.8 cm³/mol. The van der Waals surface area contributed by atoms with Gasteiger partial charge in [-0.25, -0.2) is 0 Å². The third-order valence-corrected chi connectivity index (χ3v) is 6.50. The van der Waals surface area contributed by atoms with Gasteiger partial charge in [-0.3, -0.25) is 0 Å². The maximum atomic E-state index is 2.20. The molecule has 1 heterocycles. The molecule has 0 radical (unpaired) electrons. The molecule has 0 nitrogen and oxygen atoms in total. The molecule has 58 valence electrons. The summed E-state index contributed by atoms with van der Waals surface area (Å²) in [6.45, 7) is 0. The average Bonchev–Trinajstić information content (AvgIpc) is 2.58. The van der Waals surface area contributed by atoms with Crippen LogP contribution in [-0.4, -0.2) is 5.08 Å². The molecule has 0 saturated carbocycles. The molecule has 1 aliphatic rings. The van der Waals surface area contributed by atoms with Crippen LogP contribution in [0.5, 0.6) is 0 Å². The van der Waals surface area contributed by atoms with Crippen LogP contribution in [0.4, 0.5) is 0 Å². The molecule has 2 rings (SSSR count). The zero-order valence-corrected chi connectivity index (χ0v) is 8.35. The molecule has 0 spiro atoms. The lowest BCUT2D eigenvalue weighted by atomic mass is 10.2. The number of hydrogen-bond donors (Lipinski definition) is 0. The molecule has 1 saturated heterocycles. The fraction of sp³-hybridized carbons (Fsp3) is 0.250. The van der Waals surface area contributed by atoms with E-state index >= 15 is 0 Å². The second-order valence-electron chi connectivity index (χ2n) is 2.24. The van der Waals surface area contributed by atoms with Gasteiger partial charge >= 0.3 is 0 Å². The number of rotatable bonds is 1. The topological polar surface area (TPSA) is 0 Å². The molecule has 1 aromatic rings. The highest BCUT2D eigenvalue weighted by molar-refractivity contribution is 8.82. The molecule has 0 N–H and O–H groups in total. The highest BCUT2D eigenvalue weighted by Gasteiger charge is 2.18. The summed E-state index contributed by atoms with van der Waals surface area (Å²) in [6.07, 6.45) is 0. The van der Waals surface area contributed by atoms with Gasteiger partial charge < -0.3 is 0 Å². The second-order valence-corrected chi connectivity index (χ2v) is 6.47. The minimum atomic E-state index is 0.668. The van der Waals surface area contributed by atoms with Crippen molar-refractivity contribution in [3.8, 4) is 0 Å². The first-order valence-corrected chi connectivity index (χ1v) is 6.85. The monoisotopic (exact) mass is 200 g/mol. The summed E-state index contributed by atoms with van der Waals surface area (Å²) < 4.78 is 0.668. The molecule has 1 unspecified atom stereocenters. The summed E-state index contributed by atoms with van der Waals surface area (Å²) >= 11 is 2.02. The van der Waals surface area contributed by atoms with E-state index in [2.05, 4.69) is 30.3 Å². The van der Waals surface area contributed by atoms with Crippen molar-refractivity contribution in [3.05, 3.63) is 35.9 Å². The summed E-state index contributed by atoms with van der Waals surface area (Å²) in [5.41, 5.74) is 1.45. The molecule has 3 heteroatoms. The van der Waals surface area contributed by atoms with Crippen LogP contribution in [0.15, 0.2) is 30.3 Å². The lowest BCUT2D eigenvalue weighted by Gasteiger charge is -2.04. The van der Waals surface area contributed by atoms with Crippen molar-refractivity contribution in [2.75, 3.05) is 5.08 Å². The van der Waals surface area contributed by atoms with Gasteiger partial charge in [-0.15, -0.1) is 11.8 Å². The maximum absolute atomic E-state index is 2.20. The molecular weight excluding hydrogens is 192 g/mol. The summed E-state index contributed by atoms with van der Waals surface area (Å²) in [5.74, 6) is 0. The van der Waals surface area contributed by atoms with Gasteiger partial charge in [-0.05, 0) is 5.56 Å². The van der Waals surface area contributed by atoms with Crippen LogP contribution in [0.1, 0.15) is 10.1 Å². The van der Waals surface area contributed by atoms with Crippen molar-refractivity contribution < 1.29 is 0 Å². The Morgan fingerprint density at radius 2 is 2.00 bits per heavy atom. The van der Waals surface area contributed by atoms with Gasteiger partial charge in [-0.1, -0.05) is 51.9 Å². The Kier molecular flexibility index (Phi) is 2.72. The van der Waals surface area contributed by atoms with E-state index in [1.807, 2.05) is 33.3 Å². The van der Waals surface area contributed by atoms with Gasteiger partial charge in [0, 0.05) is 0 Å². The first-order valence-electron chi connectivity index (χ1n) is 3.41. The van der Waals surface area contributed by atoms with Crippen molar-refractivity contribution in [1.82, 2.24) is 0 Å². The molecule has 1 aromatic carbocycles. The molecular formula is C8H8S3. The normalized spacial score (nSPS) is 23.8. The van der Waals surface area contributed by atoms with Crippen molar-refractivity contribution >= 4 is 33.3 Å². The fourth-order valence-electron chi connectivity index (χ4n) is 0.969. The highest BCUT2D eigenvalue weighted by Crippen LogP contribution is 2.54.